The van der Waals surface area contributed by atoms with Crippen molar-refractivity contribution < 1.29 is 9.59 Å². The number of amides is 2. The maximum absolute atomic E-state index is 12.4. The first kappa shape index (κ1) is 33.5. The third-order valence-corrected chi connectivity index (χ3v) is 10.6. The van der Waals surface area contributed by atoms with Crippen LogP contribution in [0.3, 0.4) is 0 Å². The second-order valence-corrected chi connectivity index (χ2v) is 14.3. The number of hydrogen-bond acceptors (Lipinski definition) is 10. The Morgan fingerprint density at radius 1 is 0.640 bits per heavy atom. The number of pyridine rings is 2. The molecule has 2 aliphatic carbocycles. The van der Waals surface area contributed by atoms with Crippen LogP contribution < -0.4 is 20.4 Å². The van der Waals surface area contributed by atoms with Gasteiger partial charge in [0.15, 0.2) is 0 Å². The lowest BCUT2D eigenvalue weighted by Gasteiger charge is -2.45. The van der Waals surface area contributed by atoms with Crippen molar-refractivity contribution in [3.05, 3.63) is 84.0 Å². The zero-order chi connectivity index (χ0) is 35.1. The molecule has 6 atom stereocenters. The second-order valence-electron chi connectivity index (χ2n) is 14.3. The minimum atomic E-state index is 0.0340. The molecule has 2 amide bonds. The van der Waals surface area contributed by atoms with E-state index in [9.17, 15) is 9.59 Å². The fraction of sp³-hybridized carbons (Fsp3) is 0.474. The number of carbonyl (C=O) groups excluding carboxylic acids is 2. The summed E-state index contributed by atoms with van der Waals surface area (Å²) in [5.41, 5.74) is 5.85. The van der Waals surface area contributed by atoms with Crippen molar-refractivity contribution in [1.82, 2.24) is 29.9 Å². The Balaban J connectivity index is 0.000000157. The van der Waals surface area contributed by atoms with E-state index in [1.54, 1.807) is 38.6 Å². The van der Waals surface area contributed by atoms with E-state index in [2.05, 4.69) is 54.4 Å². The summed E-state index contributed by atoms with van der Waals surface area (Å²) in [6.07, 6.45) is 15.5. The molecule has 4 aliphatic rings. The average Bonchev–Trinajstić information content (AvgIpc) is 4.02. The summed E-state index contributed by atoms with van der Waals surface area (Å²) in [5, 5.41) is 7.00. The van der Waals surface area contributed by atoms with Gasteiger partial charge in [-0.2, -0.15) is 0 Å². The SMILES string of the molecule is CC(=O)N1c2ccncc2C(Nc2nccc(C)n2)C(C)C1C1CC1.CC(=O)N1c2ccncc2C(Nc2nccc(C)n2)[C@@H](C)C1C1CC1. The minimum absolute atomic E-state index is 0.0340. The summed E-state index contributed by atoms with van der Waals surface area (Å²) in [4.78, 5) is 55.1. The van der Waals surface area contributed by atoms with Crippen LogP contribution in [0.25, 0.3) is 0 Å². The molecule has 8 rings (SSSR count). The van der Waals surface area contributed by atoms with Crippen molar-refractivity contribution in [1.29, 1.82) is 0 Å². The molecule has 2 fully saturated rings. The van der Waals surface area contributed by atoms with Crippen LogP contribution in [0.1, 0.15) is 88.0 Å². The van der Waals surface area contributed by atoms with Crippen molar-refractivity contribution in [2.24, 2.45) is 23.7 Å². The van der Waals surface area contributed by atoms with Crippen LogP contribution in [-0.2, 0) is 9.59 Å². The van der Waals surface area contributed by atoms with Gasteiger partial charge in [-0.25, -0.2) is 19.9 Å². The molecule has 0 spiro atoms. The zero-order valence-corrected chi connectivity index (χ0v) is 29.6. The Hall–Kier alpha value is -5.00. The third kappa shape index (κ3) is 6.63. The molecule has 0 saturated heterocycles. The minimum Gasteiger partial charge on any atom is -0.347 e. The normalized spacial score (nSPS) is 25.4. The number of aryl methyl sites for hydroxylation is 2. The number of rotatable bonds is 6. The highest BCUT2D eigenvalue weighted by molar-refractivity contribution is 5.94. The molecule has 0 radical (unpaired) electrons. The molecule has 50 heavy (non-hydrogen) atoms. The predicted molar refractivity (Wildman–Crippen MR) is 192 cm³/mol. The van der Waals surface area contributed by atoms with Crippen molar-refractivity contribution in [2.75, 3.05) is 20.4 Å². The largest absolute Gasteiger partial charge is 0.347 e. The standard InChI is InChI=1S/2C19H23N5O/c2*1-11-6-9-21-19(22-11)23-17-12(2)18(14-4-5-14)24(13(3)25)16-7-8-20-10-15(16)17/h2*6-10,12,14,17-18H,4-5H2,1-3H3,(H,21,22,23)/t12-,17?,18?;/m1./s1. The molecule has 12 nitrogen and oxygen atoms in total. The number of hydrogen-bond donors (Lipinski definition) is 2. The van der Waals surface area contributed by atoms with E-state index in [4.69, 9.17) is 0 Å². The number of fused-ring (bicyclic) bond motifs is 2. The first-order valence-corrected chi connectivity index (χ1v) is 17.7. The fourth-order valence-electron chi connectivity index (χ4n) is 8.12. The predicted octanol–water partition coefficient (Wildman–Crippen LogP) is 6.23. The van der Waals surface area contributed by atoms with E-state index in [0.29, 0.717) is 23.7 Å². The van der Waals surface area contributed by atoms with Gasteiger partial charge in [-0.1, -0.05) is 13.8 Å². The highest BCUT2D eigenvalue weighted by atomic mass is 16.2. The van der Waals surface area contributed by atoms with Crippen LogP contribution in [-0.4, -0.2) is 53.8 Å². The zero-order valence-electron chi connectivity index (χ0n) is 29.6. The molecular formula is C38H46N10O2. The van der Waals surface area contributed by atoms with Gasteiger partial charge < -0.3 is 20.4 Å². The van der Waals surface area contributed by atoms with Gasteiger partial charge in [-0.05, 0) is 75.6 Å². The van der Waals surface area contributed by atoms with E-state index in [1.807, 2.05) is 60.3 Å². The van der Waals surface area contributed by atoms with Gasteiger partial charge in [0.05, 0.1) is 23.5 Å². The average molecular weight is 675 g/mol. The number of nitrogens with zero attached hydrogens (tertiary/aromatic N) is 8. The number of anilines is 4. The topological polar surface area (TPSA) is 142 Å². The summed E-state index contributed by atoms with van der Waals surface area (Å²) in [6, 6.07) is 8.14. The van der Waals surface area contributed by atoms with E-state index in [0.717, 1.165) is 33.9 Å². The van der Waals surface area contributed by atoms with Crippen molar-refractivity contribution in [2.45, 2.75) is 91.4 Å². The van der Waals surface area contributed by atoms with E-state index >= 15 is 0 Å². The Morgan fingerprint density at radius 2 is 1.04 bits per heavy atom. The van der Waals surface area contributed by atoms with Gasteiger partial charge in [0, 0.05) is 97.5 Å². The first-order chi connectivity index (χ1) is 24.1. The van der Waals surface area contributed by atoms with Gasteiger partial charge in [0.1, 0.15) is 0 Å². The summed E-state index contributed by atoms with van der Waals surface area (Å²) >= 11 is 0. The molecule has 0 aromatic carbocycles. The molecule has 2 saturated carbocycles. The summed E-state index contributed by atoms with van der Waals surface area (Å²) in [7, 11) is 0. The number of carbonyl (C=O) groups is 2. The monoisotopic (exact) mass is 674 g/mol. The van der Waals surface area contributed by atoms with E-state index < -0.39 is 0 Å². The van der Waals surface area contributed by atoms with Crippen LogP contribution in [0.15, 0.2) is 61.4 Å². The summed E-state index contributed by atoms with van der Waals surface area (Å²) in [5.74, 6) is 3.08. The molecule has 2 N–H and O–H groups in total. The molecule has 12 heteroatoms. The maximum atomic E-state index is 12.4. The molecule has 260 valence electrons. The van der Waals surface area contributed by atoms with Crippen LogP contribution in [0.5, 0.6) is 0 Å². The fourth-order valence-corrected chi connectivity index (χ4v) is 8.12. The van der Waals surface area contributed by atoms with Crippen molar-refractivity contribution in [3.63, 3.8) is 0 Å². The van der Waals surface area contributed by atoms with Crippen LogP contribution >= 0.6 is 0 Å². The Bertz CT molecular complexity index is 1740. The van der Waals surface area contributed by atoms with Gasteiger partial charge in [0.2, 0.25) is 23.7 Å². The van der Waals surface area contributed by atoms with Gasteiger partial charge in [-0.15, -0.1) is 0 Å². The second kappa shape index (κ2) is 13.7. The van der Waals surface area contributed by atoms with Crippen LogP contribution in [0, 0.1) is 37.5 Å². The van der Waals surface area contributed by atoms with Gasteiger partial charge in [0.25, 0.3) is 0 Å². The lowest BCUT2D eigenvalue weighted by molar-refractivity contribution is -0.118. The van der Waals surface area contributed by atoms with Crippen LogP contribution in [0.2, 0.25) is 0 Å². The lowest BCUT2D eigenvalue weighted by atomic mass is 9.80. The molecule has 5 unspecified atom stereocenters. The van der Waals surface area contributed by atoms with Gasteiger partial charge in [-0.3, -0.25) is 19.6 Å². The maximum Gasteiger partial charge on any atom is 0.224 e. The number of nitrogens with one attached hydrogen (secondary N) is 2. The molecule has 4 aromatic rings. The molecule has 0 bridgehead atoms. The molecule has 2 aliphatic heterocycles. The molecule has 4 aromatic heterocycles. The Morgan fingerprint density at radius 3 is 1.38 bits per heavy atom. The summed E-state index contributed by atoms with van der Waals surface area (Å²) < 4.78 is 0. The highest BCUT2D eigenvalue weighted by Gasteiger charge is 2.49. The van der Waals surface area contributed by atoms with Gasteiger partial charge >= 0.3 is 0 Å². The van der Waals surface area contributed by atoms with E-state index in [1.165, 1.54) is 25.7 Å². The lowest BCUT2D eigenvalue weighted by Crippen LogP contribution is -2.51. The molecular weight excluding hydrogens is 628 g/mol. The smallest absolute Gasteiger partial charge is 0.224 e. The van der Waals surface area contributed by atoms with Crippen LogP contribution in [0.4, 0.5) is 23.3 Å². The van der Waals surface area contributed by atoms with E-state index in [-0.39, 0.29) is 47.8 Å². The van der Waals surface area contributed by atoms with Crippen molar-refractivity contribution in [3.8, 4) is 0 Å². The van der Waals surface area contributed by atoms with Crippen molar-refractivity contribution >= 4 is 35.1 Å². The Labute approximate surface area is 293 Å². The first-order valence-electron chi connectivity index (χ1n) is 17.7. The third-order valence-electron chi connectivity index (χ3n) is 10.6. The highest BCUT2D eigenvalue weighted by Crippen LogP contribution is 2.51. The summed E-state index contributed by atoms with van der Waals surface area (Å²) in [6.45, 7) is 11.6. The quantitative estimate of drug-likeness (QED) is 0.242. The molecule has 6 heterocycles. The number of aromatic nitrogens is 6. The Kier molecular flexibility index (Phi) is 9.19.